The van der Waals surface area contributed by atoms with Crippen LogP contribution in [0, 0.1) is 10.1 Å². The minimum Gasteiger partial charge on any atom is -0.479 e. The molecular weight excluding hydrogens is 268 g/mol. The summed E-state index contributed by atoms with van der Waals surface area (Å²) >= 11 is 0. The van der Waals surface area contributed by atoms with Crippen molar-refractivity contribution in [2.24, 2.45) is 5.14 Å². The second kappa shape index (κ2) is 4.98. The average Bonchev–Trinajstić information content (AvgIpc) is 2.24. The zero-order valence-corrected chi connectivity index (χ0v) is 9.59. The Bertz CT molecular complexity index is 595. The van der Waals surface area contributed by atoms with Crippen LogP contribution in [0.15, 0.2) is 23.1 Å². The highest BCUT2D eigenvalue weighted by Crippen LogP contribution is 2.29. The second-order valence-electron chi connectivity index (χ2n) is 3.11. The normalized spacial score (nSPS) is 10.9. The first-order chi connectivity index (χ1) is 8.21. The first-order valence-corrected chi connectivity index (χ1v) is 5.92. The summed E-state index contributed by atoms with van der Waals surface area (Å²) < 4.78 is 26.7. The SMILES string of the molecule is NS(=O)(=O)c1ccc(OCC(=O)O)c([N+](=O)[O-])c1. The number of sulfonamides is 1. The number of nitrogens with two attached hydrogens (primary N) is 1. The van der Waals surface area contributed by atoms with Crippen LogP contribution in [0.5, 0.6) is 5.75 Å². The van der Waals surface area contributed by atoms with Crippen LogP contribution in [0.3, 0.4) is 0 Å². The molecule has 18 heavy (non-hydrogen) atoms. The lowest BCUT2D eigenvalue weighted by atomic mass is 10.3. The molecule has 10 heteroatoms. The molecule has 0 aromatic heterocycles. The minimum atomic E-state index is -4.08. The van der Waals surface area contributed by atoms with E-state index in [1.807, 2.05) is 0 Å². The van der Waals surface area contributed by atoms with Crippen molar-refractivity contribution in [1.29, 1.82) is 0 Å². The summed E-state index contributed by atoms with van der Waals surface area (Å²) in [5, 5.41) is 23.9. The van der Waals surface area contributed by atoms with Crippen LogP contribution in [0.25, 0.3) is 0 Å². The Morgan fingerprint density at radius 3 is 2.56 bits per heavy atom. The zero-order chi connectivity index (χ0) is 13.9. The molecule has 0 amide bonds. The van der Waals surface area contributed by atoms with Crippen LogP contribution in [-0.4, -0.2) is 31.0 Å². The van der Waals surface area contributed by atoms with Gasteiger partial charge in [0.1, 0.15) is 0 Å². The quantitative estimate of drug-likeness (QED) is 0.553. The van der Waals surface area contributed by atoms with E-state index < -0.39 is 38.1 Å². The maximum atomic E-state index is 11.0. The number of carbonyl (C=O) groups is 1. The molecule has 1 aromatic carbocycles. The lowest BCUT2D eigenvalue weighted by Gasteiger charge is -2.05. The molecule has 98 valence electrons. The van der Waals surface area contributed by atoms with Gasteiger partial charge in [-0.3, -0.25) is 10.1 Å². The molecule has 0 radical (unpaired) electrons. The van der Waals surface area contributed by atoms with Crippen molar-refractivity contribution in [2.45, 2.75) is 4.90 Å². The third-order valence-electron chi connectivity index (χ3n) is 1.81. The summed E-state index contributed by atoms with van der Waals surface area (Å²) in [4.78, 5) is 19.6. The van der Waals surface area contributed by atoms with E-state index in [4.69, 9.17) is 10.2 Å². The molecule has 1 aromatic rings. The van der Waals surface area contributed by atoms with Gasteiger partial charge in [0.15, 0.2) is 12.4 Å². The average molecular weight is 276 g/mol. The molecule has 9 nitrogen and oxygen atoms in total. The molecule has 0 aliphatic carbocycles. The standard InChI is InChI=1S/C8H8N2O7S/c9-18(15,16)5-1-2-7(17-4-8(11)12)6(3-5)10(13)14/h1-3H,4H2,(H,11,12)(H2,9,15,16). The van der Waals surface area contributed by atoms with Gasteiger partial charge >= 0.3 is 11.7 Å². The Balaban J connectivity index is 3.21. The molecule has 0 heterocycles. The number of nitrogens with zero attached hydrogens (tertiary/aromatic N) is 1. The summed E-state index contributed by atoms with van der Waals surface area (Å²) in [6.45, 7) is -0.782. The van der Waals surface area contributed by atoms with Crippen molar-refractivity contribution in [2.75, 3.05) is 6.61 Å². The van der Waals surface area contributed by atoms with Gasteiger partial charge in [-0.25, -0.2) is 18.4 Å². The number of hydrogen-bond acceptors (Lipinski definition) is 6. The fraction of sp³-hybridized carbons (Fsp3) is 0.125. The molecule has 0 unspecified atom stereocenters. The number of hydrogen-bond donors (Lipinski definition) is 2. The highest BCUT2D eigenvalue weighted by Gasteiger charge is 2.20. The fourth-order valence-corrected chi connectivity index (χ4v) is 1.61. The fourth-order valence-electron chi connectivity index (χ4n) is 1.08. The van der Waals surface area contributed by atoms with Crippen molar-refractivity contribution in [3.8, 4) is 5.75 Å². The highest BCUT2D eigenvalue weighted by molar-refractivity contribution is 7.89. The van der Waals surface area contributed by atoms with E-state index in [2.05, 4.69) is 4.74 Å². The predicted molar refractivity (Wildman–Crippen MR) is 57.6 cm³/mol. The third kappa shape index (κ3) is 3.40. The van der Waals surface area contributed by atoms with Gasteiger partial charge in [-0.2, -0.15) is 0 Å². The smallest absolute Gasteiger partial charge is 0.341 e. The summed E-state index contributed by atoms with van der Waals surface area (Å²) in [5.41, 5.74) is -0.678. The van der Waals surface area contributed by atoms with Crippen LogP contribution >= 0.6 is 0 Å². The minimum absolute atomic E-state index is 0.352. The number of benzene rings is 1. The van der Waals surface area contributed by atoms with Gasteiger partial charge in [0.25, 0.3) is 0 Å². The van der Waals surface area contributed by atoms with Gasteiger partial charge in [-0.1, -0.05) is 0 Å². The molecule has 0 saturated heterocycles. The molecule has 0 bridgehead atoms. The number of nitro groups is 1. The number of rotatable bonds is 5. The molecule has 0 fully saturated rings. The Labute approximate surface area is 101 Å². The van der Waals surface area contributed by atoms with Crippen LogP contribution in [0.4, 0.5) is 5.69 Å². The van der Waals surface area contributed by atoms with Crippen LogP contribution in [0.2, 0.25) is 0 Å². The van der Waals surface area contributed by atoms with Crippen molar-refractivity contribution in [3.63, 3.8) is 0 Å². The van der Waals surface area contributed by atoms with Gasteiger partial charge in [0.05, 0.1) is 9.82 Å². The largest absolute Gasteiger partial charge is 0.479 e. The van der Waals surface area contributed by atoms with E-state index in [0.717, 1.165) is 12.1 Å². The number of ether oxygens (including phenoxy) is 1. The summed E-state index contributed by atoms with van der Waals surface area (Å²) in [7, 11) is -4.08. The molecule has 0 spiro atoms. The van der Waals surface area contributed by atoms with E-state index in [0.29, 0.717) is 6.07 Å². The van der Waals surface area contributed by atoms with E-state index in [-0.39, 0.29) is 5.75 Å². The maximum Gasteiger partial charge on any atom is 0.341 e. The predicted octanol–water partition coefficient (Wildman–Crippen LogP) is -0.294. The molecule has 0 atom stereocenters. The Morgan fingerprint density at radius 1 is 1.50 bits per heavy atom. The van der Waals surface area contributed by atoms with Gasteiger partial charge in [-0.15, -0.1) is 0 Å². The summed E-state index contributed by atoms with van der Waals surface area (Å²) in [6, 6.07) is 2.66. The van der Waals surface area contributed by atoms with Crippen LogP contribution in [0.1, 0.15) is 0 Å². The Hall–Kier alpha value is -2.20. The third-order valence-corrected chi connectivity index (χ3v) is 2.72. The van der Waals surface area contributed by atoms with Crippen molar-refractivity contribution in [1.82, 2.24) is 0 Å². The number of aliphatic carboxylic acids is 1. The first-order valence-electron chi connectivity index (χ1n) is 4.37. The van der Waals surface area contributed by atoms with Gasteiger partial charge in [-0.05, 0) is 12.1 Å². The summed E-state index contributed by atoms with van der Waals surface area (Å²) in [6.07, 6.45) is 0. The first kappa shape index (κ1) is 13.9. The molecule has 3 N–H and O–H groups in total. The van der Waals surface area contributed by atoms with E-state index in [1.54, 1.807) is 0 Å². The lowest BCUT2D eigenvalue weighted by Crippen LogP contribution is -2.13. The maximum absolute atomic E-state index is 11.0. The number of carboxylic acid groups (broad SMARTS) is 1. The van der Waals surface area contributed by atoms with E-state index in [9.17, 15) is 23.3 Å². The number of primary sulfonamides is 1. The van der Waals surface area contributed by atoms with Gasteiger partial charge in [0.2, 0.25) is 10.0 Å². The van der Waals surface area contributed by atoms with Crippen LogP contribution in [-0.2, 0) is 14.8 Å². The number of carboxylic acids is 1. The Kier molecular flexibility index (Phi) is 3.83. The van der Waals surface area contributed by atoms with Gasteiger partial charge < -0.3 is 9.84 Å². The Morgan fingerprint density at radius 2 is 2.11 bits per heavy atom. The van der Waals surface area contributed by atoms with Crippen molar-refractivity contribution < 1.29 is 28.0 Å². The summed E-state index contributed by atoms with van der Waals surface area (Å²) in [5.74, 6) is -1.67. The monoisotopic (exact) mass is 276 g/mol. The molecule has 1 rings (SSSR count). The van der Waals surface area contributed by atoms with Crippen molar-refractivity contribution in [3.05, 3.63) is 28.3 Å². The topological polar surface area (TPSA) is 150 Å². The number of nitro benzene ring substituents is 1. The molecular formula is C8H8N2O7S. The van der Waals surface area contributed by atoms with E-state index in [1.165, 1.54) is 0 Å². The molecule has 0 aliphatic rings. The molecule has 0 saturated carbocycles. The zero-order valence-electron chi connectivity index (χ0n) is 8.77. The van der Waals surface area contributed by atoms with E-state index >= 15 is 0 Å². The highest BCUT2D eigenvalue weighted by atomic mass is 32.2. The van der Waals surface area contributed by atoms with Crippen LogP contribution < -0.4 is 9.88 Å². The van der Waals surface area contributed by atoms with Crippen molar-refractivity contribution >= 4 is 21.7 Å². The molecule has 0 aliphatic heterocycles. The van der Waals surface area contributed by atoms with Gasteiger partial charge in [0, 0.05) is 6.07 Å². The lowest BCUT2D eigenvalue weighted by molar-refractivity contribution is -0.386. The second-order valence-corrected chi connectivity index (χ2v) is 4.68.